The van der Waals surface area contributed by atoms with E-state index in [4.69, 9.17) is 4.18 Å². The SMILES string of the molecule is O=CSOCCc1c([N+](=O)[O-])cccc1[N+](=O)[O-]. The van der Waals surface area contributed by atoms with Crippen molar-refractivity contribution in [3.05, 3.63) is 44.0 Å². The molecule has 0 aliphatic heterocycles. The van der Waals surface area contributed by atoms with Gasteiger partial charge in [-0.05, 0) is 6.07 Å². The van der Waals surface area contributed by atoms with E-state index < -0.39 is 9.85 Å². The Kier molecular flexibility index (Phi) is 5.21. The first-order valence-corrected chi connectivity index (χ1v) is 5.51. The Morgan fingerprint density at radius 2 is 1.78 bits per heavy atom. The molecule has 18 heavy (non-hydrogen) atoms. The van der Waals surface area contributed by atoms with E-state index in [0.29, 0.717) is 17.7 Å². The van der Waals surface area contributed by atoms with Gasteiger partial charge in [0.05, 0.1) is 28.5 Å². The number of hydrogen-bond donors (Lipinski definition) is 0. The molecular weight excluding hydrogens is 264 g/mol. The van der Waals surface area contributed by atoms with Crippen LogP contribution in [-0.2, 0) is 15.4 Å². The molecule has 0 radical (unpaired) electrons. The summed E-state index contributed by atoms with van der Waals surface area (Å²) in [5.41, 5.74) is -0.222. The van der Waals surface area contributed by atoms with Crippen LogP contribution in [0.2, 0.25) is 0 Å². The van der Waals surface area contributed by atoms with Crippen LogP contribution in [0.1, 0.15) is 5.56 Å². The molecule has 0 fully saturated rings. The quantitative estimate of drug-likeness (QED) is 0.245. The van der Waals surface area contributed by atoms with Crippen molar-refractivity contribution in [3.8, 4) is 0 Å². The number of benzene rings is 1. The van der Waals surface area contributed by atoms with Crippen LogP contribution in [0.15, 0.2) is 18.2 Å². The van der Waals surface area contributed by atoms with Gasteiger partial charge in [0.2, 0.25) is 5.62 Å². The lowest BCUT2D eigenvalue weighted by atomic mass is 10.1. The first kappa shape index (κ1) is 14.1. The fraction of sp³-hybridized carbons (Fsp3) is 0.222. The third kappa shape index (κ3) is 3.50. The number of hydrogen-bond acceptors (Lipinski definition) is 7. The van der Waals surface area contributed by atoms with Crippen LogP contribution in [0.25, 0.3) is 0 Å². The van der Waals surface area contributed by atoms with Gasteiger partial charge in [0.1, 0.15) is 5.56 Å². The Labute approximate surface area is 105 Å². The lowest BCUT2D eigenvalue weighted by molar-refractivity contribution is -0.395. The normalized spacial score (nSPS) is 10.0. The number of carbonyl (C=O) groups excluding carboxylic acids is 1. The molecule has 0 N–H and O–H groups in total. The molecule has 9 heteroatoms. The molecular formula is C9H8N2O6S. The summed E-state index contributed by atoms with van der Waals surface area (Å²) >= 11 is 0.536. The predicted octanol–water partition coefficient (Wildman–Crippen LogP) is 1.90. The van der Waals surface area contributed by atoms with Gasteiger partial charge in [0.25, 0.3) is 11.4 Å². The standard InChI is InChI=1S/C9H8N2O6S/c12-6-18-17-5-4-7-8(10(13)14)2-1-3-9(7)11(15)16/h1-3,6H,4-5H2. The highest BCUT2D eigenvalue weighted by Crippen LogP contribution is 2.28. The van der Waals surface area contributed by atoms with Crippen LogP contribution >= 0.6 is 12.0 Å². The summed E-state index contributed by atoms with van der Waals surface area (Å²) in [6, 6.07) is 3.63. The van der Waals surface area contributed by atoms with Crippen molar-refractivity contribution in [2.24, 2.45) is 0 Å². The fourth-order valence-corrected chi connectivity index (χ4v) is 1.62. The summed E-state index contributed by atoms with van der Waals surface area (Å²) in [5.74, 6) is 0. The minimum atomic E-state index is -0.685. The molecule has 96 valence electrons. The summed E-state index contributed by atoms with van der Waals surface area (Å²) in [7, 11) is 0. The molecule has 0 spiro atoms. The molecule has 0 aromatic heterocycles. The van der Waals surface area contributed by atoms with Crippen molar-refractivity contribution < 1.29 is 18.8 Å². The highest BCUT2D eigenvalue weighted by Gasteiger charge is 2.23. The van der Waals surface area contributed by atoms with Crippen LogP contribution in [-0.4, -0.2) is 22.1 Å². The van der Waals surface area contributed by atoms with E-state index in [9.17, 15) is 25.0 Å². The Balaban J connectivity index is 2.99. The predicted molar refractivity (Wildman–Crippen MR) is 63.7 cm³/mol. The minimum Gasteiger partial charge on any atom is -0.308 e. The van der Waals surface area contributed by atoms with Crippen LogP contribution in [0.4, 0.5) is 11.4 Å². The lowest BCUT2D eigenvalue weighted by Gasteiger charge is -2.03. The van der Waals surface area contributed by atoms with E-state index in [1.54, 1.807) is 0 Å². The van der Waals surface area contributed by atoms with Crippen molar-refractivity contribution in [3.63, 3.8) is 0 Å². The van der Waals surface area contributed by atoms with Gasteiger partial charge in [-0.2, -0.15) is 0 Å². The van der Waals surface area contributed by atoms with Gasteiger partial charge < -0.3 is 4.18 Å². The van der Waals surface area contributed by atoms with Gasteiger partial charge in [-0.15, -0.1) is 0 Å². The average molecular weight is 272 g/mol. The molecule has 1 aromatic rings. The summed E-state index contributed by atoms with van der Waals surface area (Å²) < 4.78 is 4.76. The second-order valence-electron chi connectivity index (χ2n) is 3.05. The molecule has 0 unspecified atom stereocenters. The highest BCUT2D eigenvalue weighted by molar-refractivity contribution is 8.07. The van der Waals surface area contributed by atoms with Crippen molar-refractivity contribution in [1.29, 1.82) is 0 Å². The number of nitrogens with zero attached hydrogens (tertiary/aromatic N) is 2. The molecule has 1 rings (SSSR count). The van der Waals surface area contributed by atoms with Gasteiger partial charge in [-0.1, -0.05) is 0 Å². The van der Waals surface area contributed by atoms with E-state index in [1.807, 2.05) is 0 Å². The van der Waals surface area contributed by atoms with Gasteiger partial charge in [0.15, 0.2) is 0 Å². The summed E-state index contributed by atoms with van der Waals surface area (Å²) in [4.78, 5) is 30.1. The first-order chi connectivity index (χ1) is 8.57. The largest absolute Gasteiger partial charge is 0.308 e. The monoisotopic (exact) mass is 272 g/mol. The Bertz CT molecular complexity index is 446. The van der Waals surface area contributed by atoms with Crippen molar-refractivity contribution >= 4 is 29.0 Å². The van der Waals surface area contributed by atoms with E-state index >= 15 is 0 Å². The van der Waals surface area contributed by atoms with Crippen LogP contribution < -0.4 is 0 Å². The number of rotatable bonds is 7. The molecule has 0 heterocycles. The zero-order valence-corrected chi connectivity index (χ0v) is 9.79. The number of carbonyl (C=O) groups is 1. The van der Waals surface area contributed by atoms with Gasteiger partial charge in [-0.25, -0.2) is 0 Å². The van der Waals surface area contributed by atoms with E-state index in [1.165, 1.54) is 18.2 Å². The van der Waals surface area contributed by atoms with Crippen LogP contribution in [0.5, 0.6) is 0 Å². The van der Waals surface area contributed by atoms with E-state index in [-0.39, 0.29) is 30.0 Å². The zero-order valence-electron chi connectivity index (χ0n) is 8.98. The molecule has 0 bridgehead atoms. The minimum absolute atomic E-state index is 0.0148. The first-order valence-electron chi connectivity index (χ1n) is 4.70. The second kappa shape index (κ2) is 6.67. The van der Waals surface area contributed by atoms with Crippen LogP contribution in [0, 0.1) is 20.2 Å². The van der Waals surface area contributed by atoms with Gasteiger partial charge in [-0.3, -0.25) is 25.0 Å². The Morgan fingerprint density at radius 1 is 1.22 bits per heavy atom. The van der Waals surface area contributed by atoms with E-state index in [2.05, 4.69) is 0 Å². The van der Waals surface area contributed by atoms with Gasteiger partial charge in [0, 0.05) is 18.6 Å². The topological polar surface area (TPSA) is 113 Å². The highest BCUT2D eigenvalue weighted by atomic mass is 32.2. The van der Waals surface area contributed by atoms with Crippen molar-refractivity contribution in [2.75, 3.05) is 6.61 Å². The third-order valence-electron chi connectivity index (χ3n) is 2.06. The summed E-state index contributed by atoms with van der Waals surface area (Å²) in [6.45, 7) is -0.0326. The summed E-state index contributed by atoms with van der Waals surface area (Å²) in [5, 5.41) is 21.5. The molecule has 0 saturated carbocycles. The third-order valence-corrected chi connectivity index (χ3v) is 2.44. The van der Waals surface area contributed by atoms with E-state index in [0.717, 1.165) is 0 Å². The van der Waals surface area contributed by atoms with Crippen molar-refractivity contribution in [2.45, 2.75) is 6.42 Å². The molecule has 0 atom stereocenters. The molecule has 8 nitrogen and oxygen atoms in total. The Hall–Kier alpha value is -2.00. The maximum Gasteiger partial charge on any atom is 0.279 e. The zero-order chi connectivity index (χ0) is 13.5. The number of nitro benzene ring substituents is 2. The average Bonchev–Trinajstić information content (AvgIpc) is 2.34. The maximum absolute atomic E-state index is 10.8. The van der Waals surface area contributed by atoms with Gasteiger partial charge >= 0.3 is 0 Å². The molecule has 1 aromatic carbocycles. The molecule has 0 amide bonds. The molecule has 0 aliphatic carbocycles. The summed E-state index contributed by atoms with van der Waals surface area (Å²) in [6.07, 6.45) is -0.0195. The van der Waals surface area contributed by atoms with Crippen molar-refractivity contribution in [1.82, 2.24) is 0 Å². The molecule has 0 aliphatic rings. The second-order valence-corrected chi connectivity index (χ2v) is 3.67. The Morgan fingerprint density at radius 3 is 2.22 bits per heavy atom. The smallest absolute Gasteiger partial charge is 0.279 e. The fourth-order valence-electron chi connectivity index (χ4n) is 1.38. The molecule has 0 saturated heterocycles. The lowest BCUT2D eigenvalue weighted by Crippen LogP contribution is -2.03. The maximum atomic E-state index is 10.8. The van der Waals surface area contributed by atoms with Crippen LogP contribution in [0.3, 0.4) is 0 Å². The number of nitro groups is 2.